The Hall–Kier alpha value is -0.830. The van der Waals surface area contributed by atoms with Crippen molar-refractivity contribution in [1.82, 2.24) is 10.2 Å². The Morgan fingerprint density at radius 1 is 1.56 bits per heavy atom. The van der Waals surface area contributed by atoms with E-state index in [2.05, 4.69) is 16.4 Å². The summed E-state index contributed by atoms with van der Waals surface area (Å²) in [5.41, 5.74) is 5.63. The topological polar surface area (TPSA) is 70.7 Å². The van der Waals surface area contributed by atoms with Gasteiger partial charge in [-0.05, 0) is 17.9 Å². The lowest BCUT2D eigenvalue weighted by Gasteiger charge is -2.08. The van der Waals surface area contributed by atoms with Gasteiger partial charge < -0.3 is 16.0 Å². The Bertz CT molecular complexity index is 378. The first-order valence-electron chi connectivity index (χ1n) is 5.36. The van der Waals surface area contributed by atoms with E-state index in [-0.39, 0.29) is 36.4 Å². The van der Waals surface area contributed by atoms with E-state index >= 15 is 0 Å². The summed E-state index contributed by atoms with van der Waals surface area (Å²) >= 11 is 1.72. The van der Waals surface area contributed by atoms with Crippen LogP contribution in [0.25, 0.3) is 0 Å². The van der Waals surface area contributed by atoms with Gasteiger partial charge in [-0.25, -0.2) is 4.99 Å². The third-order valence-electron chi connectivity index (χ3n) is 2.14. The largest absolute Gasteiger partial charge is 0.370 e. The monoisotopic (exact) mass is 382 g/mol. The van der Waals surface area contributed by atoms with Crippen molar-refractivity contribution in [1.29, 1.82) is 0 Å². The second kappa shape index (κ2) is 9.15. The molecule has 0 spiro atoms. The first-order valence-corrected chi connectivity index (χ1v) is 6.24. The summed E-state index contributed by atoms with van der Waals surface area (Å²) in [5, 5.41) is 5.02. The number of carbonyl (C=O) groups excluding carboxylic acids is 1. The van der Waals surface area contributed by atoms with Crippen LogP contribution in [0.4, 0.5) is 0 Å². The van der Waals surface area contributed by atoms with Gasteiger partial charge in [0.15, 0.2) is 5.96 Å². The maximum atomic E-state index is 11.2. The molecule has 1 aromatic heterocycles. The molecular weight excluding hydrogens is 363 g/mol. The number of amides is 1. The number of hydrogen-bond donors (Lipinski definition) is 2. The van der Waals surface area contributed by atoms with Gasteiger partial charge >= 0.3 is 0 Å². The fourth-order valence-corrected chi connectivity index (χ4v) is 1.83. The number of nitrogens with two attached hydrogens (primary N) is 1. The predicted molar refractivity (Wildman–Crippen MR) is 86.6 cm³/mol. The Morgan fingerprint density at radius 3 is 2.83 bits per heavy atom. The minimum Gasteiger partial charge on any atom is -0.370 e. The zero-order chi connectivity index (χ0) is 12.7. The molecule has 0 unspecified atom stereocenters. The highest BCUT2D eigenvalue weighted by Gasteiger charge is 2.02. The molecular formula is C11H19IN4OS. The smallest absolute Gasteiger partial charge is 0.243 e. The van der Waals surface area contributed by atoms with Crippen molar-refractivity contribution in [3.63, 3.8) is 0 Å². The van der Waals surface area contributed by atoms with Crippen molar-refractivity contribution in [2.75, 3.05) is 27.2 Å². The Labute approximate surface area is 128 Å². The number of nitrogens with one attached hydrogen (secondary N) is 1. The number of guanidine groups is 1. The number of hydrogen-bond acceptors (Lipinski definition) is 3. The van der Waals surface area contributed by atoms with Crippen molar-refractivity contribution in [2.24, 2.45) is 10.7 Å². The average Bonchev–Trinajstić information content (AvgIpc) is 2.78. The molecule has 0 aromatic carbocycles. The van der Waals surface area contributed by atoms with Gasteiger partial charge in [-0.15, -0.1) is 35.3 Å². The van der Waals surface area contributed by atoms with Crippen LogP contribution in [0.1, 0.15) is 4.88 Å². The van der Waals surface area contributed by atoms with E-state index in [0.29, 0.717) is 5.96 Å². The molecule has 18 heavy (non-hydrogen) atoms. The summed E-state index contributed by atoms with van der Waals surface area (Å²) in [7, 11) is 3.39. The molecule has 1 heterocycles. The van der Waals surface area contributed by atoms with Crippen LogP contribution in [0.2, 0.25) is 0 Å². The van der Waals surface area contributed by atoms with Gasteiger partial charge in [-0.1, -0.05) is 6.07 Å². The van der Waals surface area contributed by atoms with Gasteiger partial charge in [0.1, 0.15) is 6.54 Å². The minimum atomic E-state index is -0.0620. The van der Waals surface area contributed by atoms with E-state index in [1.54, 1.807) is 25.4 Å². The highest BCUT2D eigenvalue weighted by molar-refractivity contribution is 14.0. The minimum absolute atomic E-state index is 0. The molecule has 0 atom stereocenters. The second-order valence-electron chi connectivity index (χ2n) is 3.75. The van der Waals surface area contributed by atoms with Crippen LogP contribution in [0, 0.1) is 0 Å². The maximum absolute atomic E-state index is 11.2. The molecule has 5 nitrogen and oxygen atoms in total. The van der Waals surface area contributed by atoms with E-state index < -0.39 is 0 Å². The lowest BCUT2D eigenvalue weighted by molar-refractivity contribution is -0.127. The first-order chi connectivity index (χ1) is 8.09. The van der Waals surface area contributed by atoms with E-state index in [9.17, 15) is 4.79 Å². The Morgan fingerprint density at radius 2 is 2.28 bits per heavy atom. The van der Waals surface area contributed by atoms with Crippen LogP contribution in [-0.4, -0.2) is 44.0 Å². The normalized spacial score (nSPS) is 10.7. The summed E-state index contributed by atoms with van der Waals surface area (Å²) in [6.45, 7) is 0.816. The van der Waals surface area contributed by atoms with Crippen LogP contribution in [0.3, 0.4) is 0 Å². The molecule has 0 fully saturated rings. The van der Waals surface area contributed by atoms with Gasteiger partial charge in [-0.2, -0.15) is 0 Å². The van der Waals surface area contributed by atoms with Gasteiger partial charge in [0.05, 0.1) is 0 Å². The molecule has 0 aliphatic carbocycles. The maximum Gasteiger partial charge on any atom is 0.243 e. The van der Waals surface area contributed by atoms with Crippen LogP contribution in [-0.2, 0) is 11.2 Å². The molecule has 0 saturated heterocycles. The molecule has 0 aliphatic heterocycles. The molecule has 0 radical (unpaired) electrons. The molecule has 7 heteroatoms. The lowest BCUT2D eigenvalue weighted by Crippen LogP contribution is -2.34. The van der Waals surface area contributed by atoms with Crippen molar-refractivity contribution in [3.05, 3.63) is 22.4 Å². The molecule has 3 N–H and O–H groups in total. The van der Waals surface area contributed by atoms with Crippen LogP contribution in [0.5, 0.6) is 0 Å². The fourth-order valence-electron chi connectivity index (χ4n) is 1.12. The molecule has 0 saturated carbocycles. The van der Waals surface area contributed by atoms with E-state index in [4.69, 9.17) is 5.73 Å². The molecule has 1 rings (SSSR count). The van der Waals surface area contributed by atoms with Crippen molar-refractivity contribution < 1.29 is 4.79 Å². The second-order valence-corrected chi connectivity index (χ2v) is 4.78. The van der Waals surface area contributed by atoms with Crippen LogP contribution in [0.15, 0.2) is 22.5 Å². The van der Waals surface area contributed by atoms with Gasteiger partial charge in [-0.3, -0.25) is 4.79 Å². The third-order valence-corrected chi connectivity index (χ3v) is 3.08. The summed E-state index contributed by atoms with van der Waals surface area (Å²) in [5.74, 6) is 0.254. The summed E-state index contributed by atoms with van der Waals surface area (Å²) in [6.07, 6.45) is 0.912. The summed E-state index contributed by atoms with van der Waals surface area (Å²) < 4.78 is 0. The third kappa shape index (κ3) is 6.80. The molecule has 0 bridgehead atoms. The summed E-state index contributed by atoms with van der Waals surface area (Å²) in [4.78, 5) is 18.0. The summed E-state index contributed by atoms with van der Waals surface area (Å²) in [6, 6.07) is 4.10. The molecule has 0 aliphatic rings. The SMILES string of the molecule is CN(C)C(=O)CN=C(N)NCCc1cccs1.I. The average molecular weight is 382 g/mol. The molecule has 102 valence electrons. The Kier molecular flexibility index (Phi) is 8.73. The zero-order valence-corrected chi connectivity index (χ0v) is 13.7. The number of carbonyl (C=O) groups is 1. The Balaban J connectivity index is 0.00000289. The number of halogens is 1. The molecule has 1 aromatic rings. The quantitative estimate of drug-likeness (QED) is 0.452. The van der Waals surface area contributed by atoms with Gasteiger partial charge in [0.25, 0.3) is 0 Å². The van der Waals surface area contributed by atoms with Gasteiger partial charge in [0, 0.05) is 25.5 Å². The van der Waals surface area contributed by atoms with Gasteiger partial charge in [0.2, 0.25) is 5.91 Å². The number of aliphatic imine (C=N–C) groups is 1. The van der Waals surface area contributed by atoms with E-state index in [1.807, 2.05) is 11.4 Å². The first kappa shape index (κ1) is 17.2. The van der Waals surface area contributed by atoms with Crippen molar-refractivity contribution >= 4 is 47.2 Å². The zero-order valence-electron chi connectivity index (χ0n) is 10.5. The van der Waals surface area contributed by atoms with Crippen LogP contribution >= 0.6 is 35.3 Å². The molecule has 1 amide bonds. The van der Waals surface area contributed by atoms with E-state index in [1.165, 1.54) is 9.78 Å². The lowest BCUT2D eigenvalue weighted by atomic mass is 10.3. The van der Waals surface area contributed by atoms with E-state index in [0.717, 1.165) is 13.0 Å². The highest BCUT2D eigenvalue weighted by atomic mass is 127. The van der Waals surface area contributed by atoms with Crippen molar-refractivity contribution in [2.45, 2.75) is 6.42 Å². The standard InChI is InChI=1S/C11H18N4OS.HI/c1-15(2)10(16)8-14-11(12)13-6-5-9-4-3-7-17-9;/h3-4,7H,5-6,8H2,1-2H3,(H3,12,13,14);1H. The number of nitrogens with zero attached hydrogens (tertiary/aromatic N) is 2. The number of thiophene rings is 1. The van der Waals surface area contributed by atoms with Crippen molar-refractivity contribution in [3.8, 4) is 0 Å². The fraction of sp³-hybridized carbons (Fsp3) is 0.455. The number of rotatable bonds is 5. The number of likely N-dealkylation sites (N-methyl/N-ethyl adjacent to an activating group) is 1. The highest BCUT2D eigenvalue weighted by Crippen LogP contribution is 2.07. The van der Waals surface area contributed by atoms with Crippen LogP contribution < -0.4 is 11.1 Å². The predicted octanol–water partition coefficient (Wildman–Crippen LogP) is 0.901.